The highest BCUT2D eigenvalue weighted by atomic mass is 32.1. The van der Waals surface area contributed by atoms with Gasteiger partial charge in [-0.05, 0) is 55.3 Å². The summed E-state index contributed by atoms with van der Waals surface area (Å²) < 4.78 is 13.1. The second kappa shape index (κ2) is 8.62. The van der Waals surface area contributed by atoms with Gasteiger partial charge in [0.15, 0.2) is 0 Å². The van der Waals surface area contributed by atoms with Crippen molar-refractivity contribution in [2.75, 3.05) is 23.3 Å². The SMILES string of the molecule is NC(=O)c1ccc(N2CCCC2)c(NC(=O)Cc2csc(-c3ccc(F)cc3)n2)c1. The Morgan fingerprint density at radius 3 is 2.57 bits per heavy atom. The lowest BCUT2D eigenvalue weighted by Gasteiger charge is -2.22. The molecule has 2 heterocycles. The van der Waals surface area contributed by atoms with Crippen LogP contribution in [-0.4, -0.2) is 29.9 Å². The molecule has 30 heavy (non-hydrogen) atoms. The lowest BCUT2D eigenvalue weighted by molar-refractivity contribution is -0.115. The Labute approximate surface area is 177 Å². The summed E-state index contributed by atoms with van der Waals surface area (Å²) in [5, 5.41) is 5.46. The quantitative estimate of drug-likeness (QED) is 0.630. The van der Waals surface area contributed by atoms with Gasteiger partial charge in [-0.15, -0.1) is 11.3 Å². The number of amides is 2. The first-order valence-corrected chi connectivity index (χ1v) is 10.6. The van der Waals surface area contributed by atoms with Crippen molar-refractivity contribution in [1.82, 2.24) is 4.98 Å². The van der Waals surface area contributed by atoms with Crippen LogP contribution in [0.15, 0.2) is 47.8 Å². The topological polar surface area (TPSA) is 88.3 Å². The standard InChI is InChI=1S/C22H21FN4O2S/c23-16-6-3-14(4-7-16)22-25-17(13-30-22)12-20(28)26-18-11-15(21(24)29)5-8-19(18)27-9-1-2-10-27/h3-8,11,13H,1-2,9-10,12H2,(H2,24,29)(H,26,28). The molecule has 0 saturated carbocycles. The molecule has 2 aromatic carbocycles. The fourth-order valence-corrected chi connectivity index (χ4v) is 4.32. The number of carbonyl (C=O) groups excluding carboxylic acids is 2. The Balaban J connectivity index is 1.50. The molecule has 0 spiro atoms. The number of anilines is 2. The Kier molecular flexibility index (Phi) is 5.76. The van der Waals surface area contributed by atoms with Gasteiger partial charge >= 0.3 is 0 Å². The highest BCUT2D eigenvalue weighted by Crippen LogP contribution is 2.30. The summed E-state index contributed by atoms with van der Waals surface area (Å²) in [6.07, 6.45) is 2.28. The van der Waals surface area contributed by atoms with Gasteiger partial charge in [-0.1, -0.05) is 0 Å². The van der Waals surface area contributed by atoms with Crippen LogP contribution >= 0.6 is 11.3 Å². The van der Waals surface area contributed by atoms with Crippen LogP contribution in [0.2, 0.25) is 0 Å². The Morgan fingerprint density at radius 1 is 1.13 bits per heavy atom. The summed E-state index contributed by atoms with van der Waals surface area (Å²) in [4.78, 5) is 31.0. The van der Waals surface area contributed by atoms with Crippen molar-refractivity contribution in [1.29, 1.82) is 0 Å². The molecule has 8 heteroatoms. The minimum atomic E-state index is -0.540. The second-order valence-corrected chi connectivity index (χ2v) is 8.02. The summed E-state index contributed by atoms with van der Waals surface area (Å²) >= 11 is 1.40. The number of rotatable bonds is 6. The van der Waals surface area contributed by atoms with Gasteiger partial charge in [-0.2, -0.15) is 0 Å². The van der Waals surface area contributed by atoms with E-state index in [0.717, 1.165) is 42.2 Å². The normalized spacial score (nSPS) is 13.4. The van der Waals surface area contributed by atoms with Crippen molar-refractivity contribution in [2.45, 2.75) is 19.3 Å². The molecule has 2 amide bonds. The average molecular weight is 425 g/mol. The van der Waals surface area contributed by atoms with Crippen molar-refractivity contribution in [3.05, 3.63) is 64.9 Å². The average Bonchev–Trinajstić information content (AvgIpc) is 3.41. The minimum Gasteiger partial charge on any atom is -0.370 e. The first-order valence-electron chi connectivity index (χ1n) is 9.68. The van der Waals surface area contributed by atoms with Crippen LogP contribution in [0.3, 0.4) is 0 Å². The number of thiazole rings is 1. The van der Waals surface area contributed by atoms with Gasteiger partial charge in [0.1, 0.15) is 10.8 Å². The van der Waals surface area contributed by atoms with Gasteiger partial charge in [-0.3, -0.25) is 9.59 Å². The van der Waals surface area contributed by atoms with Gasteiger partial charge in [0, 0.05) is 29.6 Å². The number of nitrogens with one attached hydrogen (secondary N) is 1. The van der Waals surface area contributed by atoms with E-state index in [2.05, 4.69) is 15.2 Å². The van der Waals surface area contributed by atoms with E-state index in [0.29, 0.717) is 16.9 Å². The first-order chi connectivity index (χ1) is 14.5. The number of halogens is 1. The molecule has 0 aliphatic carbocycles. The van der Waals surface area contributed by atoms with E-state index in [9.17, 15) is 14.0 Å². The summed E-state index contributed by atoms with van der Waals surface area (Å²) in [5.41, 5.74) is 8.65. The van der Waals surface area contributed by atoms with Gasteiger partial charge in [0.25, 0.3) is 0 Å². The Hall–Kier alpha value is -3.26. The van der Waals surface area contributed by atoms with Crippen molar-refractivity contribution in [3.8, 4) is 10.6 Å². The number of nitrogens with zero attached hydrogens (tertiary/aromatic N) is 2. The molecule has 4 rings (SSSR count). The lowest BCUT2D eigenvalue weighted by Crippen LogP contribution is -2.23. The molecular formula is C22H21FN4O2S. The zero-order valence-corrected chi connectivity index (χ0v) is 17.0. The van der Waals surface area contributed by atoms with Crippen LogP contribution in [0, 0.1) is 5.82 Å². The van der Waals surface area contributed by atoms with Crippen molar-refractivity contribution < 1.29 is 14.0 Å². The van der Waals surface area contributed by atoms with Crippen LogP contribution in [-0.2, 0) is 11.2 Å². The van der Waals surface area contributed by atoms with Crippen molar-refractivity contribution >= 4 is 34.5 Å². The fraction of sp³-hybridized carbons (Fsp3) is 0.227. The van der Waals surface area contributed by atoms with Gasteiger partial charge in [-0.25, -0.2) is 9.37 Å². The van der Waals surface area contributed by atoms with E-state index in [-0.39, 0.29) is 18.1 Å². The molecule has 0 atom stereocenters. The van der Waals surface area contributed by atoms with Crippen molar-refractivity contribution in [3.63, 3.8) is 0 Å². The maximum Gasteiger partial charge on any atom is 0.248 e. The predicted octanol–water partition coefficient (Wildman–Crippen LogP) is 3.83. The first kappa shape index (κ1) is 20.0. The Morgan fingerprint density at radius 2 is 1.87 bits per heavy atom. The molecule has 1 fully saturated rings. The largest absolute Gasteiger partial charge is 0.370 e. The molecule has 0 bridgehead atoms. The summed E-state index contributed by atoms with van der Waals surface area (Å²) in [6.45, 7) is 1.82. The molecular weight excluding hydrogens is 403 g/mol. The lowest BCUT2D eigenvalue weighted by atomic mass is 10.1. The maximum absolute atomic E-state index is 13.1. The van der Waals surface area contributed by atoms with E-state index in [1.165, 1.54) is 23.5 Å². The molecule has 0 radical (unpaired) electrons. The summed E-state index contributed by atoms with van der Waals surface area (Å²) in [6, 6.07) is 11.2. The van der Waals surface area contributed by atoms with Gasteiger partial charge in [0.05, 0.1) is 23.5 Å². The van der Waals surface area contributed by atoms with Crippen LogP contribution in [0.5, 0.6) is 0 Å². The smallest absolute Gasteiger partial charge is 0.248 e. The van der Waals surface area contributed by atoms with Crippen LogP contribution in [0.1, 0.15) is 28.9 Å². The zero-order valence-electron chi connectivity index (χ0n) is 16.2. The fourth-order valence-electron chi connectivity index (χ4n) is 3.50. The van der Waals surface area contributed by atoms with Crippen molar-refractivity contribution in [2.24, 2.45) is 5.73 Å². The highest BCUT2D eigenvalue weighted by Gasteiger charge is 2.19. The summed E-state index contributed by atoms with van der Waals surface area (Å²) in [5.74, 6) is -1.07. The molecule has 1 saturated heterocycles. The molecule has 154 valence electrons. The Bertz CT molecular complexity index is 1070. The van der Waals surface area contributed by atoms with E-state index in [1.54, 1.807) is 24.3 Å². The van der Waals surface area contributed by atoms with Crippen LogP contribution in [0.25, 0.3) is 10.6 Å². The number of primary amides is 1. The molecule has 1 aromatic heterocycles. The monoisotopic (exact) mass is 424 g/mol. The third-order valence-electron chi connectivity index (χ3n) is 4.99. The van der Waals surface area contributed by atoms with Crippen LogP contribution < -0.4 is 16.0 Å². The third-order valence-corrected chi connectivity index (χ3v) is 5.93. The molecule has 1 aliphatic heterocycles. The maximum atomic E-state index is 13.1. The number of hydrogen-bond acceptors (Lipinski definition) is 5. The second-order valence-electron chi connectivity index (χ2n) is 7.17. The molecule has 3 N–H and O–H groups in total. The molecule has 6 nitrogen and oxygen atoms in total. The van der Waals surface area contributed by atoms with E-state index in [1.807, 2.05) is 11.4 Å². The molecule has 1 aliphatic rings. The van der Waals surface area contributed by atoms with Gasteiger partial charge < -0.3 is 16.0 Å². The highest BCUT2D eigenvalue weighted by molar-refractivity contribution is 7.13. The van der Waals surface area contributed by atoms with E-state index < -0.39 is 5.91 Å². The predicted molar refractivity (Wildman–Crippen MR) is 116 cm³/mol. The minimum absolute atomic E-state index is 0.0952. The number of benzene rings is 2. The number of hydrogen-bond donors (Lipinski definition) is 2. The molecule has 0 unspecified atom stereocenters. The molecule has 3 aromatic rings. The summed E-state index contributed by atoms with van der Waals surface area (Å²) in [7, 11) is 0. The van der Waals surface area contributed by atoms with Crippen LogP contribution in [0.4, 0.5) is 15.8 Å². The third kappa shape index (κ3) is 4.49. The van der Waals surface area contributed by atoms with Gasteiger partial charge in [0.2, 0.25) is 11.8 Å². The van der Waals surface area contributed by atoms with E-state index >= 15 is 0 Å². The zero-order chi connectivity index (χ0) is 21.1. The number of nitrogens with two attached hydrogens (primary N) is 1. The van der Waals surface area contributed by atoms with E-state index in [4.69, 9.17) is 5.73 Å². The number of aromatic nitrogens is 1. The number of carbonyl (C=O) groups is 2.